The number of carbonyl (C=O) groups is 2. The Morgan fingerprint density at radius 3 is 2.33 bits per heavy atom. The van der Waals surface area contributed by atoms with Crippen LogP contribution >= 0.6 is 16.9 Å². The Hall–Kier alpha value is -1.35. The van der Waals surface area contributed by atoms with E-state index in [4.69, 9.17) is 14.7 Å². The molecule has 5 N–H and O–H groups in total. The van der Waals surface area contributed by atoms with Gasteiger partial charge in [0.25, 0.3) is 0 Å². The van der Waals surface area contributed by atoms with E-state index in [9.17, 15) is 19.3 Å². The van der Waals surface area contributed by atoms with Gasteiger partial charge in [0.15, 0.2) is 0 Å². The van der Waals surface area contributed by atoms with Crippen LogP contribution in [0, 0.1) is 0 Å². The number of anilines is 1. The largest absolute Gasteiger partial charge is 0.700 e. The maximum atomic E-state index is 11.5. The molecule has 0 fully saturated rings. The van der Waals surface area contributed by atoms with Crippen LogP contribution in [-0.2, 0) is 29.6 Å². The summed E-state index contributed by atoms with van der Waals surface area (Å²) in [6.07, 6.45) is -0.750. The summed E-state index contributed by atoms with van der Waals surface area (Å²) < 4.78 is 19.3. The van der Waals surface area contributed by atoms with Crippen LogP contribution in [-0.4, -0.2) is 37.5 Å². The maximum absolute atomic E-state index is 11.5. The first kappa shape index (κ1) is 20.7. The van der Waals surface area contributed by atoms with Crippen molar-refractivity contribution >= 4 is 34.2 Å². The predicted octanol–water partition coefficient (Wildman–Crippen LogP) is 0.687. The van der Waals surface area contributed by atoms with Crippen molar-refractivity contribution < 1.29 is 43.0 Å². The molecule has 0 saturated heterocycles. The van der Waals surface area contributed by atoms with Crippen LogP contribution in [0.25, 0.3) is 0 Å². The van der Waals surface area contributed by atoms with E-state index in [1.807, 2.05) is 0 Å². The Morgan fingerprint density at radius 2 is 1.88 bits per heavy atom. The van der Waals surface area contributed by atoms with Gasteiger partial charge in [0.2, 0.25) is 5.91 Å². The highest BCUT2D eigenvalue weighted by Gasteiger charge is 2.42. The highest BCUT2D eigenvalue weighted by molar-refractivity contribution is 7.39. The molecule has 2 atom stereocenters. The molecule has 0 bridgehead atoms. The number of carbonyl (C=O) groups excluding carboxylic acids is 2. The van der Waals surface area contributed by atoms with Gasteiger partial charge in [0.05, 0.1) is 12.8 Å². The van der Waals surface area contributed by atoms with Crippen molar-refractivity contribution in [3.05, 3.63) is 29.8 Å². The van der Waals surface area contributed by atoms with Crippen molar-refractivity contribution in [1.29, 1.82) is 0 Å². The highest BCUT2D eigenvalue weighted by Crippen LogP contribution is 2.38. The number of nitrogens with one attached hydrogen (secondary N) is 1. The lowest BCUT2D eigenvalue weighted by molar-refractivity contribution is -0.274. The summed E-state index contributed by atoms with van der Waals surface area (Å²) in [6.45, 7) is 1.28. The molecule has 0 spiro atoms. The van der Waals surface area contributed by atoms with Crippen molar-refractivity contribution in [3.8, 4) is 0 Å². The number of aliphatic hydroxyl groups is 1. The zero-order valence-electron chi connectivity index (χ0n) is 12.4. The van der Waals surface area contributed by atoms with Gasteiger partial charge in [-0.1, -0.05) is 16.7 Å². The minimum atomic E-state index is -3.27. The first-order valence-electron chi connectivity index (χ1n) is 6.42. The molecule has 1 aromatic rings. The van der Waals surface area contributed by atoms with E-state index < -0.39 is 35.2 Å². The summed E-state index contributed by atoms with van der Waals surface area (Å²) in [5, 5.41) is 12.4. The maximum Gasteiger partial charge on any atom is 0.700 e. The second-order valence-corrected chi connectivity index (χ2v) is 6.03. The zero-order valence-corrected chi connectivity index (χ0v) is 14.2. The van der Waals surface area contributed by atoms with Crippen LogP contribution in [0.5, 0.6) is 0 Å². The van der Waals surface area contributed by atoms with Gasteiger partial charge in [-0.25, -0.2) is 0 Å². The molecule has 1 aromatic carbocycles. The third kappa shape index (κ3) is 7.96. The first-order chi connectivity index (χ1) is 11.1. The Bertz CT molecular complexity index is 607. The van der Waals surface area contributed by atoms with Crippen molar-refractivity contribution in [2.45, 2.75) is 25.7 Å². The first-order valence-corrected chi connectivity index (χ1v) is 8.72. The lowest BCUT2D eigenvalue weighted by Crippen LogP contribution is -2.34. The van der Waals surface area contributed by atoms with Gasteiger partial charge < -0.3 is 20.2 Å². The molecule has 0 saturated carbocycles. The number of ketones is 1. The fourth-order valence-corrected chi connectivity index (χ4v) is 2.49. The molecule has 2 unspecified atom stereocenters. The van der Waals surface area contributed by atoms with Gasteiger partial charge in [0, 0.05) is 10.3 Å². The fraction of sp³-hybridized carbons (Fsp3) is 0.333. The average Bonchev–Trinajstić information content (AvgIpc) is 2.37. The minimum Gasteiger partial charge on any atom is -0.340 e. The molecule has 1 amide bonds. The predicted molar refractivity (Wildman–Crippen MR) is 82.4 cm³/mol. The second kappa shape index (κ2) is 9.22. The van der Waals surface area contributed by atoms with Gasteiger partial charge in [0.1, 0.15) is 5.78 Å². The van der Waals surface area contributed by atoms with Crippen LogP contribution < -0.4 is 5.32 Å². The SMILES string of the molecule is CC(=O)CC(=O)Nc1ccc(CC(O)(OP(O)O)O[P+](=O)O)cc1. The summed E-state index contributed by atoms with van der Waals surface area (Å²) >= 11 is 0. The van der Waals surface area contributed by atoms with Gasteiger partial charge in [-0.3, -0.25) is 14.1 Å². The molecule has 10 nitrogen and oxygen atoms in total. The van der Waals surface area contributed by atoms with Crippen molar-refractivity contribution in [2.24, 2.45) is 0 Å². The number of Topliss-reactive ketones (excluding diaryl/α,β-unsaturated/α-hetero) is 1. The van der Waals surface area contributed by atoms with E-state index in [1.165, 1.54) is 31.2 Å². The van der Waals surface area contributed by atoms with E-state index in [0.717, 1.165) is 0 Å². The summed E-state index contributed by atoms with van der Waals surface area (Å²) in [7, 11) is -6.31. The Kier molecular flexibility index (Phi) is 7.95. The van der Waals surface area contributed by atoms with Crippen LogP contribution in [0.15, 0.2) is 24.3 Å². The second-order valence-electron chi connectivity index (χ2n) is 4.69. The lowest BCUT2D eigenvalue weighted by atomic mass is 10.1. The summed E-state index contributed by atoms with van der Waals surface area (Å²) in [6, 6.07) is 5.77. The topological polar surface area (TPSA) is 163 Å². The van der Waals surface area contributed by atoms with Crippen molar-refractivity contribution in [3.63, 3.8) is 0 Å². The molecular formula is C12H16NO9P2+. The molecule has 12 heteroatoms. The van der Waals surface area contributed by atoms with Crippen LogP contribution in [0.1, 0.15) is 18.9 Å². The molecule has 24 heavy (non-hydrogen) atoms. The third-order valence-corrected chi connectivity index (χ3v) is 3.41. The van der Waals surface area contributed by atoms with E-state index in [-0.39, 0.29) is 12.2 Å². The van der Waals surface area contributed by atoms with Gasteiger partial charge in [-0.15, -0.1) is 4.89 Å². The number of hydrogen-bond donors (Lipinski definition) is 5. The molecule has 0 aliphatic rings. The number of hydrogen-bond acceptors (Lipinski definition) is 8. The summed E-state index contributed by atoms with van der Waals surface area (Å²) in [5.74, 6) is -3.48. The quantitative estimate of drug-likeness (QED) is 0.236. The molecular weight excluding hydrogens is 364 g/mol. The standard InChI is InChI=1S/C12H15NO9P2/c1-8(14)6-11(15)13-10-4-2-9(3-5-10)7-12(16,21-23(17)18)22-24(19)20/h2-5,16-18H,6-7H2,1H3,(H-,13,15,19,20)/p+1. The normalized spacial score (nSPS) is 14.2. The van der Waals surface area contributed by atoms with Crippen molar-refractivity contribution in [2.75, 3.05) is 5.32 Å². The molecule has 0 radical (unpaired) electrons. The van der Waals surface area contributed by atoms with Gasteiger partial charge in [-0.05, 0) is 24.6 Å². The zero-order chi connectivity index (χ0) is 18.3. The smallest absolute Gasteiger partial charge is 0.340 e. The number of amides is 1. The Labute approximate surface area is 139 Å². The Morgan fingerprint density at radius 1 is 1.29 bits per heavy atom. The van der Waals surface area contributed by atoms with Gasteiger partial charge >= 0.3 is 22.8 Å². The highest BCUT2D eigenvalue weighted by atomic mass is 31.2. The summed E-state index contributed by atoms with van der Waals surface area (Å²) in [4.78, 5) is 48.6. The van der Waals surface area contributed by atoms with Gasteiger partial charge in [-0.2, -0.15) is 0 Å². The number of benzene rings is 1. The van der Waals surface area contributed by atoms with E-state index in [0.29, 0.717) is 11.3 Å². The average molecular weight is 380 g/mol. The molecule has 0 aromatic heterocycles. The number of rotatable bonds is 9. The van der Waals surface area contributed by atoms with E-state index in [1.54, 1.807) is 0 Å². The van der Waals surface area contributed by atoms with E-state index in [2.05, 4.69) is 14.4 Å². The molecule has 132 valence electrons. The monoisotopic (exact) mass is 380 g/mol. The summed E-state index contributed by atoms with van der Waals surface area (Å²) in [5.41, 5.74) is 0.728. The van der Waals surface area contributed by atoms with Crippen molar-refractivity contribution in [1.82, 2.24) is 0 Å². The minimum absolute atomic E-state index is 0.261. The molecule has 0 aliphatic carbocycles. The van der Waals surface area contributed by atoms with Crippen LogP contribution in [0.3, 0.4) is 0 Å². The third-order valence-electron chi connectivity index (χ3n) is 2.52. The molecule has 0 heterocycles. The fourth-order valence-electron chi connectivity index (χ4n) is 1.73. The van der Waals surface area contributed by atoms with E-state index >= 15 is 0 Å². The molecule has 1 rings (SSSR count). The lowest BCUT2D eigenvalue weighted by Gasteiger charge is -2.21. The molecule has 0 aliphatic heterocycles. The van der Waals surface area contributed by atoms with Crippen LogP contribution in [0.2, 0.25) is 0 Å². The van der Waals surface area contributed by atoms with Crippen LogP contribution in [0.4, 0.5) is 5.69 Å². The Balaban J connectivity index is 2.77.